The maximum atomic E-state index is 10.8. The number of ether oxygens (including phenoxy) is 2. The summed E-state index contributed by atoms with van der Waals surface area (Å²) in [7, 11) is 0. The Hall–Kier alpha value is -3.24. The number of carboxylic acids is 1. The summed E-state index contributed by atoms with van der Waals surface area (Å²) in [5.74, 6) is -2.21. The van der Waals surface area contributed by atoms with E-state index in [0.717, 1.165) is 18.9 Å². The minimum absolute atomic E-state index is 0.235. The largest absolute Gasteiger partial charge is 0.478 e. The molecule has 0 aliphatic rings. The quantitative estimate of drug-likeness (QED) is 0.0280. The van der Waals surface area contributed by atoms with Crippen molar-refractivity contribution in [3.05, 3.63) is 50.1 Å². The molecule has 0 radical (unpaired) electrons. The van der Waals surface area contributed by atoms with Crippen LogP contribution < -0.4 is 0 Å². The lowest BCUT2D eigenvalue weighted by molar-refractivity contribution is -0.312. The Bertz CT molecular complexity index is 935. The lowest BCUT2D eigenvalue weighted by Gasteiger charge is -2.10. The summed E-state index contributed by atoms with van der Waals surface area (Å²) < 4.78 is 9.86. The summed E-state index contributed by atoms with van der Waals surface area (Å²) in [6.07, 6.45) is 38.0. The number of rotatable bonds is 34. The molecule has 0 bridgehead atoms. The number of carbonyl (C=O) groups excluding carboxylic acids is 3. The van der Waals surface area contributed by atoms with Crippen molar-refractivity contribution in [3.63, 3.8) is 0 Å². The van der Waals surface area contributed by atoms with E-state index in [1.807, 2.05) is 0 Å². The lowest BCUT2D eigenvalue weighted by atomic mass is 10.0. The van der Waals surface area contributed by atoms with Crippen LogP contribution in [0.5, 0.6) is 0 Å². The van der Waals surface area contributed by atoms with E-state index >= 15 is 0 Å². The number of carboxylic acid groups (broad SMARTS) is 1. The Kier molecular flexibility index (Phi) is 54.0. The molecule has 2 N–H and O–H groups in total. The third kappa shape index (κ3) is 60.2. The zero-order chi connectivity index (χ0) is 42.2. The van der Waals surface area contributed by atoms with Gasteiger partial charge in [-0.1, -0.05) is 194 Å². The molecule has 0 rings (SSSR count). The van der Waals surface area contributed by atoms with Crippen LogP contribution in [-0.2, 0) is 33.5 Å². The van der Waals surface area contributed by atoms with Crippen LogP contribution in [0.2, 0.25) is 0 Å². The number of nitrogens with zero attached hydrogens (tertiary/aromatic N) is 1. The molecule has 0 aromatic heterocycles. The van der Waals surface area contributed by atoms with Crippen molar-refractivity contribution in [2.24, 2.45) is 0 Å². The van der Waals surface area contributed by atoms with E-state index in [2.05, 4.69) is 45.0 Å². The van der Waals surface area contributed by atoms with Crippen molar-refractivity contribution in [1.29, 1.82) is 0 Å². The molecule has 0 spiro atoms. The second-order valence-electron chi connectivity index (χ2n) is 13.6. The third-order valence-electron chi connectivity index (χ3n) is 8.30. The zero-order valence-electron chi connectivity index (χ0n) is 35.8. The number of esters is 2. The summed E-state index contributed by atoms with van der Waals surface area (Å²) in [6.45, 7) is 22.0. The first kappa shape index (κ1) is 58.5. The molecule has 0 amide bonds. The van der Waals surface area contributed by atoms with E-state index in [1.54, 1.807) is 6.92 Å². The lowest BCUT2D eigenvalue weighted by Crippen LogP contribution is -2.23. The van der Waals surface area contributed by atoms with Gasteiger partial charge in [-0.3, -0.25) is 5.21 Å². The SMILES string of the molecule is C=C(C)C(=O)ON(O)CC.C=CC(=O)O.C=CC(=O)OCCCCCCCCCCCC.C=CC(=O)OCCCCCCCCCCCCCCCCCC. The maximum Gasteiger partial charge on any atom is 0.354 e. The Morgan fingerprint density at radius 1 is 0.509 bits per heavy atom. The molecule has 322 valence electrons. The molecule has 0 aromatic carbocycles. The van der Waals surface area contributed by atoms with Crippen LogP contribution in [0.15, 0.2) is 50.1 Å². The number of carbonyl (C=O) groups is 4. The minimum Gasteiger partial charge on any atom is -0.478 e. The summed E-state index contributed by atoms with van der Waals surface area (Å²) in [4.78, 5) is 45.7. The predicted molar refractivity (Wildman–Crippen MR) is 227 cm³/mol. The monoisotopic (exact) mass is 782 g/mol. The van der Waals surface area contributed by atoms with Gasteiger partial charge in [0.25, 0.3) is 0 Å². The van der Waals surface area contributed by atoms with Gasteiger partial charge in [0.1, 0.15) is 0 Å². The second kappa shape index (κ2) is 50.8. The van der Waals surface area contributed by atoms with Crippen LogP contribution in [0.1, 0.15) is 195 Å². The molecule has 0 saturated carbocycles. The van der Waals surface area contributed by atoms with Gasteiger partial charge >= 0.3 is 23.9 Å². The average molecular weight is 782 g/mol. The van der Waals surface area contributed by atoms with Crippen LogP contribution in [-0.4, -0.2) is 59.2 Å². The number of hydrogen-bond acceptors (Lipinski definition) is 9. The molecule has 10 nitrogen and oxygen atoms in total. The highest BCUT2D eigenvalue weighted by Crippen LogP contribution is 2.14. The van der Waals surface area contributed by atoms with Crippen LogP contribution in [0.3, 0.4) is 0 Å². The Balaban J connectivity index is -0.000000354. The number of hydrogen-bond donors (Lipinski definition) is 2. The fourth-order valence-electron chi connectivity index (χ4n) is 4.94. The van der Waals surface area contributed by atoms with Gasteiger partial charge in [0.15, 0.2) is 0 Å². The standard InChI is InChI=1S/C21H40O2.C15H28O2.C6H11NO3.C3H4O2/c1-3-5-6-7-8-9-10-11-12-13-14-15-16-17-18-19-20-23-21(22)4-2;1-3-5-6-7-8-9-10-11-12-13-14-17-15(16)4-2;1-4-7(9)10-6(8)5(2)3;1-2-3(4)5/h4H,2-3,5-20H2,1H3;4H,2-3,5-14H2,1H3;9H,2,4H2,1,3H3;2H,1H2,(H,4,5). The average Bonchev–Trinajstić information content (AvgIpc) is 3.18. The maximum absolute atomic E-state index is 10.8. The highest BCUT2D eigenvalue weighted by molar-refractivity contribution is 5.86. The first-order chi connectivity index (χ1) is 26.5. The molecule has 55 heavy (non-hydrogen) atoms. The molecule has 0 aromatic rings. The topological polar surface area (TPSA) is 140 Å². The second-order valence-corrected chi connectivity index (χ2v) is 13.6. The normalized spacial score (nSPS) is 9.93. The molecule has 0 saturated heterocycles. The number of hydroxylamine groups is 2. The minimum atomic E-state index is -0.981. The van der Waals surface area contributed by atoms with E-state index in [9.17, 15) is 19.2 Å². The fourth-order valence-corrected chi connectivity index (χ4v) is 4.94. The molecule has 0 atom stereocenters. The molecule has 0 fully saturated rings. The summed E-state index contributed by atoms with van der Waals surface area (Å²) in [5, 5.41) is 16.7. The van der Waals surface area contributed by atoms with E-state index in [1.165, 1.54) is 173 Å². The van der Waals surface area contributed by atoms with Crippen molar-refractivity contribution in [2.45, 2.75) is 195 Å². The molecule has 0 heterocycles. The first-order valence-electron chi connectivity index (χ1n) is 21.2. The van der Waals surface area contributed by atoms with Crippen LogP contribution in [0.25, 0.3) is 0 Å². The van der Waals surface area contributed by atoms with Gasteiger partial charge < -0.3 is 19.4 Å². The van der Waals surface area contributed by atoms with Crippen molar-refractivity contribution < 1.29 is 43.8 Å². The van der Waals surface area contributed by atoms with Crippen molar-refractivity contribution in [1.82, 2.24) is 5.23 Å². The molecular formula is C45H83NO9. The van der Waals surface area contributed by atoms with Crippen LogP contribution >= 0.6 is 0 Å². The van der Waals surface area contributed by atoms with Crippen molar-refractivity contribution in [3.8, 4) is 0 Å². The first-order valence-corrected chi connectivity index (χ1v) is 21.2. The van der Waals surface area contributed by atoms with Crippen LogP contribution in [0.4, 0.5) is 0 Å². The van der Waals surface area contributed by atoms with Gasteiger partial charge in [-0.25, -0.2) is 19.2 Å². The summed E-state index contributed by atoms with van der Waals surface area (Å²) >= 11 is 0. The molecule has 0 unspecified atom stereocenters. The number of unbranched alkanes of at least 4 members (excludes halogenated alkanes) is 24. The summed E-state index contributed by atoms with van der Waals surface area (Å²) in [5.41, 5.74) is 0.257. The van der Waals surface area contributed by atoms with E-state index < -0.39 is 11.9 Å². The third-order valence-corrected chi connectivity index (χ3v) is 8.30. The van der Waals surface area contributed by atoms with E-state index in [4.69, 9.17) is 19.8 Å². The van der Waals surface area contributed by atoms with Gasteiger partial charge in [0.2, 0.25) is 0 Å². The highest BCUT2D eigenvalue weighted by Gasteiger charge is 2.06. The van der Waals surface area contributed by atoms with Crippen LogP contribution in [0, 0.1) is 0 Å². The molecule has 0 aliphatic heterocycles. The molecular weight excluding hydrogens is 698 g/mol. The van der Waals surface area contributed by atoms with Crippen molar-refractivity contribution >= 4 is 23.9 Å². The fraction of sp³-hybridized carbons (Fsp3) is 0.733. The molecule has 0 aliphatic carbocycles. The summed E-state index contributed by atoms with van der Waals surface area (Å²) in [6, 6.07) is 0. The van der Waals surface area contributed by atoms with E-state index in [-0.39, 0.29) is 24.1 Å². The van der Waals surface area contributed by atoms with E-state index in [0.29, 0.717) is 18.4 Å². The number of aliphatic carboxylic acids is 1. The van der Waals surface area contributed by atoms with Gasteiger partial charge in [0.05, 0.1) is 19.8 Å². The van der Waals surface area contributed by atoms with Gasteiger partial charge in [-0.2, -0.15) is 0 Å². The Morgan fingerprint density at radius 3 is 0.964 bits per heavy atom. The predicted octanol–water partition coefficient (Wildman–Crippen LogP) is 12.6. The van der Waals surface area contributed by atoms with Gasteiger partial charge in [0, 0.05) is 23.8 Å². The highest BCUT2D eigenvalue weighted by atomic mass is 16.9. The Morgan fingerprint density at radius 2 is 0.764 bits per heavy atom. The zero-order valence-corrected chi connectivity index (χ0v) is 35.8. The van der Waals surface area contributed by atoms with Gasteiger partial charge in [-0.05, 0) is 31.9 Å². The molecule has 10 heteroatoms. The van der Waals surface area contributed by atoms with Gasteiger partial charge in [-0.15, -0.1) is 0 Å². The van der Waals surface area contributed by atoms with Crippen molar-refractivity contribution in [2.75, 3.05) is 19.8 Å². The Labute approximate surface area is 336 Å². The smallest absolute Gasteiger partial charge is 0.354 e.